The number of alkyl halides is 1. The van der Waals surface area contributed by atoms with Crippen LogP contribution in [0.2, 0.25) is 5.02 Å². The van der Waals surface area contributed by atoms with E-state index in [4.69, 9.17) is 18.0 Å². The number of benzene rings is 1. The van der Waals surface area contributed by atoms with E-state index in [-0.39, 0.29) is 16.6 Å². The maximum Gasteiger partial charge on any atom is 0.157 e. The fourth-order valence-electron chi connectivity index (χ4n) is 1.75. The number of terminal acetylenes is 1. The number of hydrogen-bond donors (Lipinski definition) is 1. The molecule has 0 heterocycles. The standard InChI is InChI=1S/C14H16ClF2N/c1-3-11-7-10(8-13(15)14(11)17)5-4-6-12(9-16)18-2/h1,7-8,12,18H,4-6,9H2,2H3/t12-/m1/s1. The van der Waals surface area contributed by atoms with E-state index in [1.165, 1.54) is 0 Å². The van der Waals surface area contributed by atoms with Gasteiger partial charge in [-0.15, -0.1) is 6.42 Å². The first-order valence-corrected chi connectivity index (χ1v) is 6.18. The second kappa shape index (κ2) is 7.35. The zero-order valence-corrected chi connectivity index (χ0v) is 11.0. The summed E-state index contributed by atoms with van der Waals surface area (Å²) < 4.78 is 25.9. The molecule has 1 aromatic rings. The number of halogens is 3. The van der Waals surface area contributed by atoms with Crippen LogP contribution in [0.1, 0.15) is 24.0 Å². The number of aryl methyl sites for hydroxylation is 1. The minimum absolute atomic E-state index is 0.0381. The van der Waals surface area contributed by atoms with Crippen molar-refractivity contribution in [2.45, 2.75) is 25.3 Å². The van der Waals surface area contributed by atoms with Crippen LogP contribution < -0.4 is 5.32 Å². The minimum Gasteiger partial charge on any atom is -0.314 e. The van der Waals surface area contributed by atoms with Gasteiger partial charge in [0.1, 0.15) is 6.67 Å². The Bertz CT molecular complexity index is 436. The van der Waals surface area contributed by atoms with Gasteiger partial charge >= 0.3 is 0 Å². The molecule has 0 aliphatic rings. The third-order valence-electron chi connectivity index (χ3n) is 2.86. The lowest BCUT2D eigenvalue weighted by atomic mass is 10.0. The molecule has 0 saturated carbocycles. The molecule has 0 aromatic heterocycles. The summed E-state index contributed by atoms with van der Waals surface area (Å²) in [5.41, 5.74) is 1.05. The van der Waals surface area contributed by atoms with E-state index < -0.39 is 12.5 Å². The molecule has 4 heteroatoms. The smallest absolute Gasteiger partial charge is 0.157 e. The van der Waals surface area contributed by atoms with Gasteiger partial charge in [0.25, 0.3) is 0 Å². The van der Waals surface area contributed by atoms with Crippen LogP contribution in [0.5, 0.6) is 0 Å². The van der Waals surface area contributed by atoms with Crippen molar-refractivity contribution in [1.82, 2.24) is 5.32 Å². The highest BCUT2D eigenvalue weighted by molar-refractivity contribution is 6.30. The largest absolute Gasteiger partial charge is 0.314 e. The molecule has 0 aliphatic heterocycles. The molecule has 1 N–H and O–H groups in total. The predicted octanol–water partition coefficient (Wildman–Crippen LogP) is 3.34. The molecule has 0 amide bonds. The Morgan fingerprint density at radius 2 is 2.22 bits per heavy atom. The van der Waals surface area contributed by atoms with Gasteiger partial charge in [-0.05, 0) is 44.0 Å². The van der Waals surface area contributed by atoms with Crippen LogP contribution in [0.15, 0.2) is 12.1 Å². The molecule has 1 aromatic carbocycles. The molecule has 0 radical (unpaired) electrons. The molecule has 18 heavy (non-hydrogen) atoms. The van der Waals surface area contributed by atoms with Gasteiger partial charge in [0.05, 0.1) is 10.6 Å². The topological polar surface area (TPSA) is 12.0 Å². The zero-order valence-electron chi connectivity index (χ0n) is 10.3. The van der Waals surface area contributed by atoms with Crippen molar-refractivity contribution in [2.24, 2.45) is 0 Å². The Morgan fingerprint density at radius 3 is 2.78 bits per heavy atom. The highest BCUT2D eigenvalue weighted by Gasteiger charge is 2.09. The van der Waals surface area contributed by atoms with Crippen molar-refractivity contribution >= 4 is 11.6 Å². The van der Waals surface area contributed by atoms with Gasteiger partial charge in [-0.2, -0.15) is 0 Å². The van der Waals surface area contributed by atoms with Gasteiger partial charge in [-0.3, -0.25) is 0 Å². The summed E-state index contributed by atoms with van der Waals surface area (Å²) in [6.07, 6.45) is 7.41. The van der Waals surface area contributed by atoms with E-state index in [2.05, 4.69) is 11.2 Å². The van der Waals surface area contributed by atoms with E-state index in [0.717, 1.165) is 12.0 Å². The summed E-state index contributed by atoms with van der Waals surface area (Å²) in [4.78, 5) is 0. The van der Waals surface area contributed by atoms with E-state index >= 15 is 0 Å². The average molecular weight is 272 g/mol. The third-order valence-corrected chi connectivity index (χ3v) is 3.13. The van der Waals surface area contributed by atoms with Gasteiger partial charge < -0.3 is 5.32 Å². The maximum absolute atomic E-state index is 13.4. The summed E-state index contributed by atoms with van der Waals surface area (Å²) in [5.74, 6) is 1.71. The molecule has 0 spiro atoms. The van der Waals surface area contributed by atoms with Crippen LogP contribution in [0.3, 0.4) is 0 Å². The van der Waals surface area contributed by atoms with E-state index in [0.29, 0.717) is 12.8 Å². The summed E-state index contributed by atoms with van der Waals surface area (Å²) in [5, 5.41) is 2.93. The molecular weight excluding hydrogens is 256 g/mol. The van der Waals surface area contributed by atoms with Crippen molar-refractivity contribution in [1.29, 1.82) is 0 Å². The molecule has 0 fully saturated rings. The van der Waals surface area contributed by atoms with Crippen LogP contribution in [-0.4, -0.2) is 19.8 Å². The van der Waals surface area contributed by atoms with Crippen molar-refractivity contribution < 1.29 is 8.78 Å². The highest BCUT2D eigenvalue weighted by Crippen LogP contribution is 2.21. The SMILES string of the molecule is C#Cc1cc(CCC[C@H](CF)NC)cc(Cl)c1F. The van der Waals surface area contributed by atoms with Crippen LogP contribution in [0.4, 0.5) is 8.78 Å². The predicted molar refractivity (Wildman–Crippen MR) is 71.1 cm³/mol. The monoisotopic (exact) mass is 271 g/mol. The van der Waals surface area contributed by atoms with Crippen LogP contribution in [-0.2, 0) is 6.42 Å². The Morgan fingerprint density at radius 1 is 1.50 bits per heavy atom. The zero-order chi connectivity index (χ0) is 13.5. The highest BCUT2D eigenvalue weighted by atomic mass is 35.5. The first-order chi connectivity index (χ1) is 8.62. The van der Waals surface area contributed by atoms with Crippen molar-refractivity contribution in [2.75, 3.05) is 13.7 Å². The molecule has 0 unspecified atom stereocenters. The second-order valence-electron chi connectivity index (χ2n) is 4.12. The lowest BCUT2D eigenvalue weighted by Gasteiger charge is -2.11. The summed E-state index contributed by atoms with van der Waals surface area (Å²) in [6, 6.07) is 3.06. The maximum atomic E-state index is 13.4. The molecule has 1 nitrogen and oxygen atoms in total. The molecule has 0 bridgehead atoms. The fourth-order valence-corrected chi connectivity index (χ4v) is 1.99. The van der Waals surface area contributed by atoms with E-state index in [1.54, 1.807) is 19.2 Å². The third kappa shape index (κ3) is 3.97. The first-order valence-electron chi connectivity index (χ1n) is 5.80. The Kier molecular flexibility index (Phi) is 6.11. The van der Waals surface area contributed by atoms with Crippen molar-refractivity contribution in [3.63, 3.8) is 0 Å². The van der Waals surface area contributed by atoms with Crippen molar-refractivity contribution in [3.8, 4) is 12.3 Å². The molecule has 1 rings (SSSR count). The Hall–Kier alpha value is -1.11. The van der Waals surface area contributed by atoms with Crippen molar-refractivity contribution in [3.05, 3.63) is 34.1 Å². The quantitative estimate of drug-likeness (QED) is 0.783. The second-order valence-corrected chi connectivity index (χ2v) is 4.52. The minimum atomic E-state index is -0.556. The number of rotatable bonds is 6. The van der Waals surface area contributed by atoms with E-state index in [9.17, 15) is 8.78 Å². The van der Waals surface area contributed by atoms with Gasteiger partial charge in [0.15, 0.2) is 5.82 Å². The van der Waals surface area contributed by atoms with Crippen LogP contribution in [0.25, 0.3) is 0 Å². The molecular formula is C14H16ClF2N. The Labute approximate surface area is 112 Å². The summed E-state index contributed by atoms with van der Waals surface area (Å²) >= 11 is 5.75. The van der Waals surface area contributed by atoms with Gasteiger partial charge in [-0.1, -0.05) is 17.5 Å². The average Bonchev–Trinajstić information content (AvgIpc) is 2.38. The lowest BCUT2D eigenvalue weighted by Crippen LogP contribution is -2.27. The molecule has 98 valence electrons. The van der Waals surface area contributed by atoms with Gasteiger partial charge in [-0.25, -0.2) is 8.78 Å². The summed E-state index contributed by atoms with van der Waals surface area (Å²) in [6.45, 7) is -0.393. The van der Waals surface area contributed by atoms with Gasteiger partial charge in [0, 0.05) is 6.04 Å². The first kappa shape index (κ1) is 14.9. The molecule has 1 atom stereocenters. The fraction of sp³-hybridized carbons (Fsp3) is 0.429. The lowest BCUT2D eigenvalue weighted by molar-refractivity contribution is 0.370. The van der Waals surface area contributed by atoms with Crippen LogP contribution in [0, 0.1) is 18.2 Å². The Balaban J connectivity index is 2.64. The van der Waals surface area contributed by atoms with Gasteiger partial charge in [0.2, 0.25) is 0 Å². The molecule has 0 saturated heterocycles. The van der Waals surface area contributed by atoms with Crippen LogP contribution >= 0.6 is 11.6 Å². The number of hydrogen-bond acceptors (Lipinski definition) is 1. The molecule has 0 aliphatic carbocycles. The summed E-state index contributed by atoms with van der Waals surface area (Å²) in [7, 11) is 1.73. The van der Waals surface area contributed by atoms with E-state index in [1.807, 2.05) is 0 Å². The number of nitrogens with one attached hydrogen (secondary N) is 1. The normalized spacial score (nSPS) is 12.2.